The van der Waals surface area contributed by atoms with Crippen molar-refractivity contribution < 1.29 is 14.7 Å². The predicted molar refractivity (Wildman–Crippen MR) is 91.9 cm³/mol. The molecule has 2 amide bonds. The number of amides is 2. The lowest BCUT2D eigenvalue weighted by atomic mass is 10.1. The van der Waals surface area contributed by atoms with Crippen molar-refractivity contribution in [3.8, 4) is 0 Å². The molecule has 0 aliphatic carbocycles. The number of hydrogen-bond donors (Lipinski definition) is 3. The lowest BCUT2D eigenvalue weighted by molar-refractivity contribution is -0.137. The van der Waals surface area contributed by atoms with E-state index < -0.39 is 5.97 Å². The van der Waals surface area contributed by atoms with Crippen LogP contribution >= 0.6 is 34.2 Å². The molecule has 0 aliphatic heterocycles. The molecular weight excluding hydrogens is 407 g/mol. The van der Waals surface area contributed by atoms with E-state index >= 15 is 0 Å². The van der Waals surface area contributed by atoms with Gasteiger partial charge in [-0.3, -0.25) is 4.79 Å². The number of carbonyl (C=O) groups is 2. The van der Waals surface area contributed by atoms with Gasteiger partial charge in [0.2, 0.25) is 0 Å². The monoisotopic (exact) mass is 424 g/mol. The van der Waals surface area contributed by atoms with Gasteiger partial charge in [-0.05, 0) is 53.6 Å². The fraction of sp³-hybridized carbons (Fsp3) is 0.429. The fourth-order valence-electron chi connectivity index (χ4n) is 1.71. The number of anilines is 1. The molecule has 0 heterocycles. The maximum Gasteiger partial charge on any atom is 0.319 e. The SMILES string of the molecule is O=C(O)CCCCCCNC(=O)Nc1ccc(Cl)cc1I. The van der Waals surface area contributed by atoms with Gasteiger partial charge in [-0.1, -0.05) is 24.4 Å². The van der Waals surface area contributed by atoms with E-state index in [0.29, 0.717) is 18.0 Å². The molecule has 0 saturated carbocycles. The van der Waals surface area contributed by atoms with Gasteiger partial charge >= 0.3 is 12.0 Å². The molecule has 0 aromatic heterocycles. The average molecular weight is 425 g/mol. The highest BCUT2D eigenvalue weighted by molar-refractivity contribution is 14.1. The van der Waals surface area contributed by atoms with Crippen LogP contribution in [0.4, 0.5) is 10.5 Å². The summed E-state index contributed by atoms with van der Waals surface area (Å²) in [5, 5.41) is 14.7. The minimum absolute atomic E-state index is 0.211. The summed E-state index contributed by atoms with van der Waals surface area (Å²) in [5.74, 6) is -0.759. The Morgan fingerprint density at radius 1 is 1.19 bits per heavy atom. The second-order valence-corrected chi connectivity index (χ2v) is 6.16. The van der Waals surface area contributed by atoms with Crippen LogP contribution in [0.5, 0.6) is 0 Å². The van der Waals surface area contributed by atoms with Crippen molar-refractivity contribution in [2.45, 2.75) is 32.1 Å². The van der Waals surface area contributed by atoms with Crippen molar-refractivity contribution in [2.75, 3.05) is 11.9 Å². The van der Waals surface area contributed by atoms with Gasteiger partial charge in [0.05, 0.1) is 5.69 Å². The average Bonchev–Trinajstić information content (AvgIpc) is 2.40. The molecule has 1 rings (SSSR count). The molecule has 0 bridgehead atoms. The molecule has 116 valence electrons. The fourth-order valence-corrected chi connectivity index (χ4v) is 2.72. The molecule has 5 nitrogen and oxygen atoms in total. The van der Waals surface area contributed by atoms with E-state index in [4.69, 9.17) is 16.7 Å². The zero-order chi connectivity index (χ0) is 15.7. The molecule has 7 heteroatoms. The largest absolute Gasteiger partial charge is 0.481 e. The number of unbranched alkanes of at least 4 members (excludes halogenated alkanes) is 3. The van der Waals surface area contributed by atoms with E-state index in [9.17, 15) is 9.59 Å². The van der Waals surface area contributed by atoms with Crippen LogP contribution in [0.15, 0.2) is 18.2 Å². The van der Waals surface area contributed by atoms with Gasteiger partial charge in [-0.25, -0.2) is 4.79 Å². The third-order valence-corrected chi connectivity index (χ3v) is 3.91. The van der Waals surface area contributed by atoms with Gasteiger partial charge in [-0.2, -0.15) is 0 Å². The van der Waals surface area contributed by atoms with Crippen LogP contribution in [0.1, 0.15) is 32.1 Å². The summed E-state index contributed by atoms with van der Waals surface area (Å²) >= 11 is 7.96. The van der Waals surface area contributed by atoms with Crippen LogP contribution in [0.25, 0.3) is 0 Å². The zero-order valence-corrected chi connectivity index (χ0v) is 14.4. The molecule has 1 aromatic rings. The number of carboxylic acids is 1. The summed E-state index contributed by atoms with van der Waals surface area (Å²) < 4.78 is 0.879. The molecule has 0 unspecified atom stereocenters. The Labute approximate surface area is 142 Å². The minimum Gasteiger partial charge on any atom is -0.481 e. The topological polar surface area (TPSA) is 78.4 Å². The van der Waals surface area contributed by atoms with Crippen molar-refractivity contribution in [1.82, 2.24) is 5.32 Å². The maximum absolute atomic E-state index is 11.7. The molecule has 21 heavy (non-hydrogen) atoms. The van der Waals surface area contributed by atoms with E-state index in [1.165, 1.54) is 0 Å². The van der Waals surface area contributed by atoms with Crippen molar-refractivity contribution in [3.63, 3.8) is 0 Å². The van der Waals surface area contributed by atoms with Crippen molar-refractivity contribution in [3.05, 3.63) is 26.8 Å². The first kappa shape index (κ1) is 18.0. The highest BCUT2D eigenvalue weighted by atomic mass is 127. The molecule has 0 aliphatic rings. The quantitative estimate of drug-likeness (QED) is 0.434. The van der Waals surface area contributed by atoms with Gasteiger partial charge in [0.1, 0.15) is 0 Å². The molecule has 0 atom stereocenters. The van der Waals surface area contributed by atoms with E-state index in [-0.39, 0.29) is 12.5 Å². The number of rotatable bonds is 8. The van der Waals surface area contributed by atoms with Crippen molar-refractivity contribution >= 4 is 51.9 Å². The molecule has 0 spiro atoms. The van der Waals surface area contributed by atoms with E-state index in [2.05, 4.69) is 33.2 Å². The summed E-state index contributed by atoms with van der Waals surface area (Å²) in [6.45, 7) is 0.572. The number of nitrogens with one attached hydrogen (secondary N) is 2. The van der Waals surface area contributed by atoms with Crippen LogP contribution in [0.2, 0.25) is 5.02 Å². The van der Waals surface area contributed by atoms with Crippen LogP contribution < -0.4 is 10.6 Å². The molecule has 3 N–H and O–H groups in total. The van der Waals surface area contributed by atoms with Gasteiger partial charge in [-0.15, -0.1) is 0 Å². The summed E-state index contributed by atoms with van der Waals surface area (Å²) in [7, 11) is 0. The molecule has 0 fully saturated rings. The normalized spacial score (nSPS) is 10.2. The van der Waals surface area contributed by atoms with E-state index in [1.54, 1.807) is 18.2 Å². The third kappa shape index (κ3) is 8.11. The summed E-state index contributed by atoms with van der Waals surface area (Å²) in [5.41, 5.74) is 0.721. The first-order valence-electron chi connectivity index (χ1n) is 6.70. The lowest BCUT2D eigenvalue weighted by Gasteiger charge is -2.09. The summed E-state index contributed by atoms with van der Waals surface area (Å²) in [6.07, 6.45) is 3.51. The number of benzene rings is 1. The number of urea groups is 1. The highest BCUT2D eigenvalue weighted by Crippen LogP contribution is 2.22. The first-order chi connectivity index (χ1) is 9.99. The van der Waals surface area contributed by atoms with Crippen LogP contribution in [-0.2, 0) is 4.79 Å². The molecule has 0 radical (unpaired) electrons. The standard InChI is InChI=1S/C14H18ClIN2O3/c15-10-6-7-12(11(16)9-10)18-14(21)17-8-4-2-1-3-5-13(19)20/h6-7,9H,1-5,8H2,(H,19,20)(H2,17,18,21). The second kappa shape index (κ2) is 9.83. The summed E-state index contributed by atoms with van der Waals surface area (Å²) in [6, 6.07) is 5.01. The molecular formula is C14H18ClIN2O3. The van der Waals surface area contributed by atoms with Gasteiger partial charge in [0.15, 0.2) is 0 Å². The Morgan fingerprint density at radius 2 is 1.90 bits per heavy atom. The third-order valence-electron chi connectivity index (χ3n) is 2.78. The smallest absolute Gasteiger partial charge is 0.319 e. The Hall–Kier alpha value is -1.02. The van der Waals surface area contributed by atoms with Crippen molar-refractivity contribution in [2.24, 2.45) is 0 Å². The lowest BCUT2D eigenvalue weighted by Crippen LogP contribution is -2.29. The van der Waals surface area contributed by atoms with Gasteiger partial charge < -0.3 is 15.7 Å². The Balaban J connectivity index is 2.15. The van der Waals surface area contributed by atoms with Crippen LogP contribution in [0.3, 0.4) is 0 Å². The van der Waals surface area contributed by atoms with E-state index in [0.717, 1.165) is 28.5 Å². The molecule has 1 aromatic carbocycles. The minimum atomic E-state index is -0.759. The number of carbonyl (C=O) groups excluding carboxylic acids is 1. The van der Waals surface area contributed by atoms with Crippen LogP contribution in [-0.4, -0.2) is 23.7 Å². The van der Waals surface area contributed by atoms with Gasteiger partial charge in [0.25, 0.3) is 0 Å². The second-order valence-electron chi connectivity index (χ2n) is 4.56. The van der Waals surface area contributed by atoms with Crippen molar-refractivity contribution in [1.29, 1.82) is 0 Å². The Bertz CT molecular complexity index is 497. The van der Waals surface area contributed by atoms with E-state index in [1.807, 2.05) is 0 Å². The Kier molecular flexibility index (Phi) is 8.44. The number of hydrogen-bond acceptors (Lipinski definition) is 2. The van der Waals surface area contributed by atoms with Crippen LogP contribution in [0, 0.1) is 3.57 Å². The first-order valence-corrected chi connectivity index (χ1v) is 8.16. The molecule has 0 saturated heterocycles. The van der Waals surface area contributed by atoms with Gasteiger partial charge in [0, 0.05) is 21.6 Å². The summed E-state index contributed by atoms with van der Waals surface area (Å²) in [4.78, 5) is 22.0. The zero-order valence-electron chi connectivity index (χ0n) is 11.5. The predicted octanol–water partition coefficient (Wildman–Crippen LogP) is 4.10. The Morgan fingerprint density at radius 3 is 2.57 bits per heavy atom. The highest BCUT2D eigenvalue weighted by Gasteiger charge is 2.05. The number of aliphatic carboxylic acids is 1. The number of carboxylic acid groups (broad SMARTS) is 1. The number of halogens is 2. The maximum atomic E-state index is 11.7.